The molecule has 4 rings (SSSR count). The van der Waals surface area contributed by atoms with Gasteiger partial charge in [-0.2, -0.15) is 10.2 Å². The van der Waals surface area contributed by atoms with Gasteiger partial charge in [0.05, 0.1) is 6.21 Å². The molecule has 0 amide bonds. The smallest absolute Gasteiger partial charge is 0.213 e. The first kappa shape index (κ1) is 20.5. The number of aromatic hydroxyl groups is 1. The Morgan fingerprint density at radius 3 is 2.67 bits per heavy atom. The Labute approximate surface area is 190 Å². The largest absolute Gasteiger partial charge is 0.508 e. The predicted molar refractivity (Wildman–Crippen MR) is 128 cm³/mol. The first-order valence-electron chi connectivity index (χ1n) is 9.07. The van der Waals surface area contributed by atoms with E-state index in [2.05, 4.69) is 43.8 Å². The molecule has 0 aliphatic rings. The number of phenolic OH excluding ortho intramolecular Hbond substituents is 1. The van der Waals surface area contributed by atoms with E-state index in [1.54, 1.807) is 41.8 Å². The van der Waals surface area contributed by atoms with Gasteiger partial charge in [-0.05, 0) is 55.0 Å². The summed E-state index contributed by atoms with van der Waals surface area (Å²) in [7, 11) is 0. The molecule has 2 heterocycles. The molecule has 0 aliphatic carbocycles. The van der Waals surface area contributed by atoms with Crippen LogP contribution in [0, 0.1) is 0 Å². The number of thiocarbonyl (C=S) groups is 1. The monoisotopic (exact) mass is 500 g/mol. The number of rotatable bonds is 5. The lowest BCUT2D eigenvalue weighted by Gasteiger charge is -2.06. The molecule has 0 fully saturated rings. The van der Waals surface area contributed by atoms with Crippen molar-refractivity contribution in [3.63, 3.8) is 0 Å². The van der Waals surface area contributed by atoms with Crippen LogP contribution in [0.15, 0.2) is 58.1 Å². The van der Waals surface area contributed by atoms with E-state index in [9.17, 15) is 5.11 Å². The standard InChI is InChI=1S/C20H17BrN6OS2/c1-2-17-26-27-16(11-22-25-19(29)23-14-7-9-15(28)10-8-14)18(24-20(27)30-17)12-3-5-13(21)6-4-12/h3-11,28H,2H2,1H3,(H2,23,25,29)/b22-11+. The molecule has 2 aromatic heterocycles. The van der Waals surface area contributed by atoms with Crippen LogP contribution in [-0.4, -0.2) is 31.0 Å². The second kappa shape index (κ2) is 8.90. The Morgan fingerprint density at radius 2 is 1.97 bits per heavy atom. The first-order valence-corrected chi connectivity index (χ1v) is 11.1. The van der Waals surface area contributed by atoms with Crippen LogP contribution in [0.25, 0.3) is 16.2 Å². The molecule has 10 heteroatoms. The summed E-state index contributed by atoms with van der Waals surface area (Å²) in [5, 5.41) is 22.6. The van der Waals surface area contributed by atoms with Crippen LogP contribution in [0.3, 0.4) is 0 Å². The van der Waals surface area contributed by atoms with E-state index in [-0.39, 0.29) is 5.75 Å². The third-order valence-corrected chi connectivity index (χ3v) is 5.95. The minimum Gasteiger partial charge on any atom is -0.508 e. The van der Waals surface area contributed by atoms with E-state index in [0.29, 0.717) is 5.11 Å². The van der Waals surface area contributed by atoms with Crippen molar-refractivity contribution in [2.24, 2.45) is 5.10 Å². The highest BCUT2D eigenvalue weighted by molar-refractivity contribution is 9.10. The molecule has 2 aromatic carbocycles. The summed E-state index contributed by atoms with van der Waals surface area (Å²) in [5.41, 5.74) is 6.09. The minimum atomic E-state index is 0.192. The van der Waals surface area contributed by atoms with Crippen LogP contribution in [0.5, 0.6) is 5.75 Å². The van der Waals surface area contributed by atoms with E-state index in [1.165, 1.54) is 0 Å². The maximum atomic E-state index is 9.36. The van der Waals surface area contributed by atoms with Crippen LogP contribution in [-0.2, 0) is 6.42 Å². The number of halogens is 1. The average Bonchev–Trinajstić information content (AvgIpc) is 3.29. The fraction of sp³-hybridized carbons (Fsp3) is 0.100. The van der Waals surface area contributed by atoms with Gasteiger partial charge in [0.2, 0.25) is 4.96 Å². The van der Waals surface area contributed by atoms with Gasteiger partial charge in [-0.3, -0.25) is 5.43 Å². The van der Waals surface area contributed by atoms with Crippen molar-refractivity contribution in [2.45, 2.75) is 13.3 Å². The van der Waals surface area contributed by atoms with Crippen LogP contribution in [0.4, 0.5) is 5.69 Å². The van der Waals surface area contributed by atoms with Crippen LogP contribution >= 0.6 is 39.5 Å². The third-order valence-electron chi connectivity index (χ3n) is 4.18. The quantitative estimate of drug-likeness (QED) is 0.158. The third kappa shape index (κ3) is 4.50. The lowest BCUT2D eigenvalue weighted by atomic mass is 10.1. The summed E-state index contributed by atoms with van der Waals surface area (Å²) in [6.07, 6.45) is 2.51. The predicted octanol–water partition coefficient (Wildman–Crippen LogP) is 4.81. The number of fused-ring (bicyclic) bond motifs is 1. The fourth-order valence-electron chi connectivity index (χ4n) is 2.74. The number of nitrogens with one attached hydrogen (secondary N) is 2. The van der Waals surface area contributed by atoms with Gasteiger partial charge in [0.1, 0.15) is 22.1 Å². The van der Waals surface area contributed by atoms with E-state index < -0.39 is 0 Å². The normalized spacial score (nSPS) is 11.3. The van der Waals surface area contributed by atoms with Gasteiger partial charge in [0.15, 0.2) is 5.11 Å². The van der Waals surface area contributed by atoms with Crippen molar-refractivity contribution >= 4 is 61.5 Å². The van der Waals surface area contributed by atoms with Crippen molar-refractivity contribution in [2.75, 3.05) is 5.32 Å². The summed E-state index contributed by atoms with van der Waals surface area (Å²) < 4.78 is 2.81. The van der Waals surface area contributed by atoms with Crippen molar-refractivity contribution in [3.05, 3.63) is 63.7 Å². The topological polar surface area (TPSA) is 86.8 Å². The van der Waals surface area contributed by atoms with Gasteiger partial charge >= 0.3 is 0 Å². The van der Waals surface area contributed by atoms with Gasteiger partial charge in [-0.15, -0.1) is 0 Å². The number of benzene rings is 2. The number of phenols is 1. The Kier molecular flexibility index (Phi) is 6.07. The molecule has 0 radical (unpaired) electrons. The lowest BCUT2D eigenvalue weighted by molar-refractivity contribution is 0.475. The van der Waals surface area contributed by atoms with Crippen molar-refractivity contribution in [1.29, 1.82) is 0 Å². The molecule has 0 saturated heterocycles. The second-order valence-electron chi connectivity index (χ2n) is 6.27. The molecule has 0 atom stereocenters. The van der Waals surface area contributed by atoms with Gasteiger partial charge in [-0.1, -0.05) is 46.3 Å². The number of hydrazone groups is 1. The van der Waals surface area contributed by atoms with Crippen LogP contribution in [0.1, 0.15) is 17.6 Å². The molecule has 0 saturated carbocycles. The summed E-state index contributed by atoms with van der Waals surface area (Å²) in [6.45, 7) is 2.07. The number of imidazole rings is 1. The zero-order valence-electron chi connectivity index (χ0n) is 15.8. The minimum absolute atomic E-state index is 0.192. The first-order chi connectivity index (χ1) is 14.5. The Morgan fingerprint density at radius 1 is 1.23 bits per heavy atom. The average molecular weight is 501 g/mol. The van der Waals surface area contributed by atoms with Gasteiger partial charge in [0, 0.05) is 15.7 Å². The molecular formula is C20H17BrN6OS2. The van der Waals surface area contributed by atoms with Crippen molar-refractivity contribution in [3.8, 4) is 17.0 Å². The molecule has 0 aliphatic heterocycles. The summed E-state index contributed by atoms with van der Waals surface area (Å²) >= 11 is 10.3. The molecule has 7 nitrogen and oxygen atoms in total. The zero-order valence-corrected chi connectivity index (χ0v) is 19.1. The van der Waals surface area contributed by atoms with Crippen molar-refractivity contribution < 1.29 is 5.11 Å². The SMILES string of the molecule is CCc1nn2c(/C=N/NC(=S)Nc3ccc(O)cc3)c(-c3ccc(Br)cc3)nc2s1. The number of aromatic nitrogens is 3. The molecule has 4 aromatic rings. The zero-order chi connectivity index (χ0) is 21.1. The number of nitrogens with zero attached hydrogens (tertiary/aromatic N) is 4. The number of aryl methyl sites for hydroxylation is 1. The highest BCUT2D eigenvalue weighted by Crippen LogP contribution is 2.27. The molecular weight excluding hydrogens is 484 g/mol. The second-order valence-corrected chi connectivity index (χ2v) is 8.63. The van der Waals surface area contributed by atoms with Crippen LogP contribution < -0.4 is 10.7 Å². The van der Waals surface area contributed by atoms with E-state index in [1.807, 2.05) is 28.8 Å². The molecule has 3 N–H and O–H groups in total. The highest BCUT2D eigenvalue weighted by atomic mass is 79.9. The summed E-state index contributed by atoms with van der Waals surface area (Å²) in [6, 6.07) is 14.6. The maximum Gasteiger partial charge on any atom is 0.213 e. The van der Waals surface area contributed by atoms with E-state index in [0.717, 1.165) is 43.5 Å². The Hall–Kier alpha value is -2.82. The fourth-order valence-corrected chi connectivity index (χ4v) is 4.01. The molecule has 0 spiro atoms. The van der Waals surface area contributed by atoms with Gasteiger partial charge < -0.3 is 10.4 Å². The Bertz CT molecular complexity index is 1210. The summed E-state index contributed by atoms with van der Waals surface area (Å²) in [4.78, 5) is 5.58. The maximum absolute atomic E-state index is 9.36. The van der Waals surface area contributed by atoms with E-state index >= 15 is 0 Å². The number of hydrogen-bond donors (Lipinski definition) is 3. The van der Waals surface area contributed by atoms with Gasteiger partial charge in [-0.25, -0.2) is 9.50 Å². The Balaban J connectivity index is 1.58. The highest BCUT2D eigenvalue weighted by Gasteiger charge is 2.16. The molecule has 152 valence electrons. The number of hydrogen-bond acceptors (Lipinski definition) is 6. The summed E-state index contributed by atoms with van der Waals surface area (Å²) in [5.74, 6) is 0.192. The van der Waals surface area contributed by atoms with E-state index in [4.69, 9.17) is 17.2 Å². The molecule has 0 bridgehead atoms. The molecule has 0 unspecified atom stereocenters. The number of anilines is 1. The van der Waals surface area contributed by atoms with Crippen LogP contribution in [0.2, 0.25) is 0 Å². The van der Waals surface area contributed by atoms with Gasteiger partial charge in [0.25, 0.3) is 0 Å². The molecule has 30 heavy (non-hydrogen) atoms. The lowest BCUT2D eigenvalue weighted by Crippen LogP contribution is -2.23. The van der Waals surface area contributed by atoms with Crippen molar-refractivity contribution in [1.82, 2.24) is 20.0 Å².